The molecule has 4 heteroatoms. The lowest BCUT2D eigenvalue weighted by molar-refractivity contribution is -0.154. The van der Waals surface area contributed by atoms with Crippen LogP contribution in [0, 0.1) is 0 Å². The van der Waals surface area contributed by atoms with E-state index in [1.54, 1.807) is 0 Å². The van der Waals surface area contributed by atoms with E-state index in [4.69, 9.17) is 4.74 Å². The zero-order valence-electron chi connectivity index (χ0n) is 8.53. The molecule has 2 saturated heterocycles. The Morgan fingerprint density at radius 1 is 1.50 bits per heavy atom. The maximum absolute atomic E-state index is 11.4. The summed E-state index contributed by atoms with van der Waals surface area (Å²) in [5.41, 5.74) is -0.740. The summed E-state index contributed by atoms with van der Waals surface area (Å²) in [5.74, 6) is -0.718. The Morgan fingerprint density at radius 2 is 2.14 bits per heavy atom. The summed E-state index contributed by atoms with van der Waals surface area (Å²) in [7, 11) is 0. The Hall–Kier alpha value is -0.610. The highest BCUT2D eigenvalue weighted by Gasteiger charge is 2.53. The van der Waals surface area contributed by atoms with Crippen LogP contribution in [0.25, 0.3) is 0 Å². The molecule has 2 unspecified atom stereocenters. The first-order valence-corrected chi connectivity index (χ1v) is 5.28. The standard InChI is InChI=1S/C10H17NO3/c1-8-10(9(12)13,4-7-14-8)11-5-2-3-6-11/h8H,2-7H2,1H3,(H,12,13). The van der Waals surface area contributed by atoms with Gasteiger partial charge in [0.25, 0.3) is 0 Å². The second-order valence-electron chi connectivity index (χ2n) is 4.19. The molecule has 0 amide bonds. The number of hydrogen-bond acceptors (Lipinski definition) is 3. The van der Waals surface area contributed by atoms with Crippen molar-refractivity contribution in [2.24, 2.45) is 0 Å². The smallest absolute Gasteiger partial charge is 0.326 e. The molecule has 14 heavy (non-hydrogen) atoms. The molecule has 2 aliphatic heterocycles. The number of ether oxygens (including phenoxy) is 1. The number of carbonyl (C=O) groups is 1. The van der Waals surface area contributed by atoms with Crippen LogP contribution in [0.2, 0.25) is 0 Å². The summed E-state index contributed by atoms with van der Waals surface area (Å²) in [5, 5.41) is 9.37. The van der Waals surface area contributed by atoms with Gasteiger partial charge in [-0.25, -0.2) is 0 Å². The number of rotatable bonds is 2. The van der Waals surface area contributed by atoms with Crippen molar-refractivity contribution in [2.75, 3.05) is 19.7 Å². The number of carboxylic acid groups (broad SMARTS) is 1. The van der Waals surface area contributed by atoms with Gasteiger partial charge in [-0.05, 0) is 32.9 Å². The Balaban J connectivity index is 2.25. The van der Waals surface area contributed by atoms with Gasteiger partial charge in [-0.15, -0.1) is 0 Å². The molecule has 1 N–H and O–H groups in total. The van der Waals surface area contributed by atoms with Crippen molar-refractivity contribution in [3.05, 3.63) is 0 Å². The molecule has 2 fully saturated rings. The minimum atomic E-state index is -0.740. The SMILES string of the molecule is CC1OCCC1(C(=O)O)N1CCCC1. The third-order valence-corrected chi connectivity index (χ3v) is 3.56. The van der Waals surface area contributed by atoms with Gasteiger partial charge in [0.05, 0.1) is 6.10 Å². The van der Waals surface area contributed by atoms with Crippen LogP contribution in [0.3, 0.4) is 0 Å². The summed E-state index contributed by atoms with van der Waals surface area (Å²) in [6.07, 6.45) is 2.67. The lowest BCUT2D eigenvalue weighted by Crippen LogP contribution is -2.57. The van der Waals surface area contributed by atoms with E-state index < -0.39 is 11.5 Å². The minimum absolute atomic E-state index is 0.182. The number of carboxylic acids is 1. The Kier molecular flexibility index (Phi) is 2.49. The first-order valence-electron chi connectivity index (χ1n) is 5.28. The second-order valence-corrected chi connectivity index (χ2v) is 4.19. The van der Waals surface area contributed by atoms with E-state index in [9.17, 15) is 9.90 Å². The largest absolute Gasteiger partial charge is 0.480 e. The zero-order chi connectivity index (χ0) is 10.2. The molecule has 0 radical (unpaired) electrons. The number of likely N-dealkylation sites (tertiary alicyclic amines) is 1. The van der Waals surface area contributed by atoms with E-state index in [0.29, 0.717) is 13.0 Å². The fraction of sp³-hybridized carbons (Fsp3) is 0.900. The van der Waals surface area contributed by atoms with Crippen LogP contribution in [0.1, 0.15) is 26.2 Å². The highest BCUT2D eigenvalue weighted by molar-refractivity contribution is 5.80. The van der Waals surface area contributed by atoms with Crippen molar-refractivity contribution in [1.29, 1.82) is 0 Å². The van der Waals surface area contributed by atoms with Crippen LogP contribution >= 0.6 is 0 Å². The van der Waals surface area contributed by atoms with Crippen LogP contribution in [0.15, 0.2) is 0 Å². The van der Waals surface area contributed by atoms with Crippen LogP contribution in [0.5, 0.6) is 0 Å². The second kappa shape index (κ2) is 3.51. The van der Waals surface area contributed by atoms with E-state index in [-0.39, 0.29) is 6.10 Å². The van der Waals surface area contributed by atoms with Crippen LogP contribution in [-0.2, 0) is 9.53 Å². The third kappa shape index (κ3) is 1.25. The monoisotopic (exact) mass is 199 g/mol. The molecular formula is C10H17NO3. The predicted octanol–water partition coefficient (Wildman–Crippen LogP) is 0.714. The molecule has 0 aliphatic carbocycles. The summed E-state index contributed by atoms with van der Waals surface area (Å²) in [6.45, 7) is 4.25. The summed E-state index contributed by atoms with van der Waals surface area (Å²) in [4.78, 5) is 13.5. The maximum Gasteiger partial charge on any atom is 0.326 e. The third-order valence-electron chi connectivity index (χ3n) is 3.56. The van der Waals surface area contributed by atoms with Crippen molar-refractivity contribution < 1.29 is 14.6 Å². The number of hydrogen-bond donors (Lipinski definition) is 1. The van der Waals surface area contributed by atoms with Gasteiger partial charge in [0, 0.05) is 13.0 Å². The Labute approximate surface area is 83.8 Å². The molecule has 0 bridgehead atoms. The molecule has 80 valence electrons. The van der Waals surface area contributed by atoms with Gasteiger partial charge in [-0.1, -0.05) is 0 Å². The summed E-state index contributed by atoms with van der Waals surface area (Å²) in [6, 6.07) is 0. The van der Waals surface area contributed by atoms with Crippen molar-refractivity contribution in [2.45, 2.75) is 37.8 Å². The molecule has 2 rings (SSSR count). The highest BCUT2D eigenvalue weighted by atomic mass is 16.5. The molecule has 0 spiro atoms. The molecule has 2 heterocycles. The van der Waals surface area contributed by atoms with Gasteiger partial charge in [0.15, 0.2) is 0 Å². The van der Waals surface area contributed by atoms with Crippen LogP contribution < -0.4 is 0 Å². The Bertz CT molecular complexity index is 238. The van der Waals surface area contributed by atoms with Crippen LogP contribution in [0.4, 0.5) is 0 Å². The lowest BCUT2D eigenvalue weighted by Gasteiger charge is -2.36. The minimum Gasteiger partial charge on any atom is -0.480 e. The van der Waals surface area contributed by atoms with E-state index in [2.05, 4.69) is 4.90 Å². The maximum atomic E-state index is 11.4. The molecule has 0 aromatic rings. The van der Waals surface area contributed by atoms with Crippen molar-refractivity contribution >= 4 is 5.97 Å². The van der Waals surface area contributed by atoms with Gasteiger partial charge >= 0.3 is 5.97 Å². The fourth-order valence-electron chi connectivity index (χ4n) is 2.68. The normalized spacial score (nSPS) is 39.1. The molecule has 0 saturated carbocycles. The van der Waals surface area contributed by atoms with Crippen molar-refractivity contribution in [3.8, 4) is 0 Å². The van der Waals surface area contributed by atoms with E-state index in [1.807, 2.05) is 6.92 Å². The first-order chi connectivity index (χ1) is 6.68. The quantitative estimate of drug-likeness (QED) is 0.711. The number of aliphatic carboxylic acids is 1. The molecular weight excluding hydrogens is 182 g/mol. The summed E-state index contributed by atoms with van der Waals surface area (Å²) < 4.78 is 5.42. The van der Waals surface area contributed by atoms with Crippen molar-refractivity contribution in [3.63, 3.8) is 0 Å². The van der Waals surface area contributed by atoms with E-state index in [1.165, 1.54) is 0 Å². The van der Waals surface area contributed by atoms with Gasteiger partial charge in [-0.3, -0.25) is 9.69 Å². The van der Waals surface area contributed by atoms with E-state index >= 15 is 0 Å². The average molecular weight is 199 g/mol. The first kappa shape index (κ1) is 9.93. The van der Waals surface area contributed by atoms with Gasteiger partial charge in [-0.2, -0.15) is 0 Å². The molecule has 0 aromatic heterocycles. The fourth-order valence-corrected chi connectivity index (χ4v) is 2.68. The van der Waals surface area contributed by atoms with Gasteiger partial charge in [0.2, 0.25) is 0 Å². The molecule has 0 aromatic carbocycles. The average Bonchev–Trinajstić information content (AvgIpc) is 2.72. The van der Waals surface area contributed by atoms with E-state index in [0.717, 1.165) is 25.9 Å². The molecule has 2 aliphatic rings. The summed E-state index contributed by atoms with van der Waals surface area (Å²) >= 11 is 0. The Morgan fingerprint density at radius 3 is 2.57 bits per heavy atom. The molecule has 2 atom stereocenters. The lowest BCUT2D eigenvalue weighted by atomic mass is 9.90. The predicted molar refractivity (Wildman–Crippen MR) is 51.2 cm³/mol. The number of nitrogens with zero attached hydrogens (tertiary/aromatic N) is 1. The van der Waals surface area contributed by atoms with Gasteiger partial charge < -0.3 is 9.84 Å². The zero-order valence-corrected chi connectivity index (χ0v) is 8.53. The van der Waals surface area contributed by atoms with Crippen molar-refractivity contribution in [1.82, 2.24) is 4.90 Å². The highest BCUT2D eigenvalue weighted by Crippen LogP contribution is 2.34. The van der Waals surface area contributed by atoms with Gasteiger partial charge in [0.1, 0.15) is 5.54 Å². The topological polar surface area (TPSA) is 49.8 Å². The molecule has 4 nitrogen and oxygen atoms in total. The van der Waals surface area contributed by atoms with Crippen LogP contribution in [-0.4, -0.2) is 47.3 Å².